The number of aliphatic hydroxyl groups is 1. The molecule has 7 N–H and O–H groups in total. The van der Waals surface area contributed by atoms with Crippen molar-refractivity contribution < 1.29 is 43.6 Å². The van der Waals surface area contributed by atoms with Gasteiger partial charge in [0.05, 0.1) is 26.4 Å². The van der Waals surface area contributed by atoms with Gasteiger partial charge in [0.1, 0.15) is 41.0 Å². The van der Waals surface area contributed by atoms with Crippen molar-refractivity contribution in [1.29, 1.82) is 0 Å². The summed E-state index contributed by atoms with van der Waals surface area (Å²) in [6.07, 6.45) is -2.22. The number of phenolic OH excluding ortho intramolecular Hbond substituents is 1. The summed E-state index contributed by atoms with van der Waals surface area (Å²) >= 11 is 0. The Hall–Kier alpha value is -5.34. The molecule has 0 saturated carbocycles. The van der Waals surface area contributed by atoms with Crippen molar-refractivity contribution in [3.05, 3.63) is 89.5 Å². The molecule has 0 bridgehead atoms. The lowest BCUT2D eigenvalue weighted by Gasteiger charge is -2.35. The Morgan fingerprint density at radius 1 is 0.702 bits per heavy atom. The van der Waals surface area contributed by atoms with E-state index in [0.29, 0.717) is 17.1 Å². The molecule has 3 aromatic rings. The minimum Gasteiger partial charge on any atom is -0.507 e. The molecule has 57 heavy (non-hydrogen) atoms. The number of amides is 4. The van der Waals surface area contributed by atoms with Crippen LogP contribution in [-0.2, 0) is 38.6 Å². The number of methoxy groups -OCH3 is 2. The van der Waals surface area contributed by atoms with Crippen LogP contribution in [0.25, 0.3) is 0 Å². The molecule has 5 atom stereocenters. The molecule has 14 nitrogen and oxygen atoms in total. The van der Waals surface area contributed by atoms with E-state index in [1.165, 1.54) is 13.2 Å². The topological polar surface area (TPSA) is 197 Å². The molecule has 312 valence electrons. The highest BCUT2D eigenvalue weighted by molar-refractivity contribution is 5.91. The second-order valence-corrected chi connectivity index (χ2v) is 16.4. The van der Waals surface area contributed by atoms with Gasteiger partial charge in [0.15, 0.2) is 0 Å². The normalized spacial score (nSPS) is 14.3. The lowest BCUT2D eigenvalue weighted by molar-refractivity contribution is -0.134. The second-order valence-electron chi connectivity index (χ2n) is 16.4. The summed E-state index contributed by atoms with van der Waals surface area (Å²) in [5.41, 5.74) is 0.392. The summed E-state index contributed by atoms with van der Waals surface area (Å²) < 4.78 is 15.9. The fourth-order valence-electron chi connectivity index (χ4n) is 5.95. The first-order valence-corrected chi connectivity index (χ1v) is 19.0. The molecular weight excluding hydrogens is 730 g/mol. The van der Waals surface area contributed by atoms with E-state index in [2.05, 4.69) is 26.6 Å². The van der Waals surface area contributed by atoms with Crippen molar-refractivity contribution >= 4 is 23.8 Å². The van der Waals surface area contributed by atoms with Crippen LogP contribution in [0.3, 0.4) is 0 Å². The number of hydrogen-bond donors (Lipinski definition) is 7. The molecule has 0 radical (unpaired) electrons. The molecule has 3 rings (SSSR count). The van der Waals surface area contributed by atoms with E-state index in [1.807, 2.05) is 42.5 Å². The second kappa shape index (κ2) is 20.7. The minimum absolute atomic E-state index is 0.0209. The summed E-state index contributed by atoms with van der Waals surface area (Å²) in [4.78, 5) is 55.0. The predicted molar refractivity (Wildman–Crippen MR) is 218 cm³/mol. The molecule has 4 amide bonds. The third kappa shape index (κ3) is 14.6. The first kappa shape index (κ1) is 46.0. The van der Waals surface area contributed by atoms with Crippen molar-refractivity contribution in [3.8, 4) is 17.2 Å². The Morgan fingerprint density at radius 3 is 1.86 bits per heavy atom. The number of aromatic hydroxyl groups is 1. The molecule has 0 spiro atoms. The zero-order valence-electron chi connectivity index (χ0n) is 34.8. The highest BCUT2D eigenvalue weighted by Gasteiger charge is 2.40. The number of alkyl carbamates (subject to hydrolysis) is 1. The number of carbonyl (C=O) groups excluding carboxylic acids is 4. The van der Waals surface area contributed by atoms with Gasteiger partial charge in [0.25, 0.3) is 0 Å². The maximum Gasteiger partial charge on any atom is 0.408 e. The molecule has 3 aromatic carbocycles. The number of nitrogens with one attached hydrogen (secondary N) is 5. The van der Waals surface area contributed by atoms with Crippen LogP contribution in [0.1, 0.15) is 72.1 Å². The van der Waals surface area contributed by atoms with Gasteiger partial charge in [0, 0.05) is 24.7 Å². The monoisotopic (exact) mass is 791 g/mol. The zero-order valence-corrected chi connectivity index (χ0v) is 34.8. The SMILES string of the molecule is COc1ccc(CN[C@@H](C(=O)N[C@H](C(=O)NCc2ccc(OC)cc2O)C(C)C)[C@H](O)[C@H](Cc2ccccc2)NC(=O)[C@@H](NC(=O)OC(C)(C)C)C(C)(C)C)cc1. The first-order chi connectivity index (χ1) is 26.7. The Labute approximate surface area is 336 Å². The molecule has 0 aromatic heterocycles. The van der Waals surface area contributed by atoms with Gasteiger partial charge in [-0.25, -0.2) is 4.79 Å². The summed E-state index contributed by atoms with van der Waals surface area (Å²) in [6, 6.07) is 16.5. The Kier molecular flexibility index (Phi) is 16.7. The molecule has 0 heterocycles. The van der Waals surface area contributed by atoms with Gasteiger partial charge < -0.3 is 45.7 Å². The smallest absolute Gasteiger partial charge is 0.408 e. The van der Waals surface area contributed by atoms with Crippen LogP contribution < -0.4 is 36.1 Å². The van der Waals surface area contributed by atoms with E-state index < -0.39 is 65.1 Å². The van der Waals surface area contributed by atoms with E-state index in [-0.39, 0.29) is 31.2 Å². The van der Waals surface area contributed by atoms with Gasteiger partial charge in [-0.1, -0.05) is 77.1 Å². The number of hydrogen-bond acceptors (Lipinski definition) is 10. The average molecular weight is 792 g/mol. The van der Waals surface area contributed by atoms with E-state index in [9.17, 15) is 29.4 Å². The van der Waals surface area contributed by atoms with Gasteiger partial charge in [-0.3, -0.25) is 19.7 Å². The standard InChI is InChI=1S/C43H61N5O9/c1-26(2)34(38(51)45-25-29-18-21-31(56-10)23-33(29)49)47-39(52)35(44-24-28-16-19-30(55-9)20-17-28)36(50)32(22-27-14-12-11-13-15-27)46-40(53)37(42(3,4)5)48-41(54)57-43(6,7)8/h11-21,23,26,32,34-37,44,49-50H,22,24-25H2,1-10H3,(H,45,51)(H,46,53)(H,47,52)(H,48,54)/t32-,34-,35+,36+,37+/m0/s1. The van der Waals surface area contributed by atoms with Crippen LogP contribution in [0.2, 0.25) is 0 Å². The summed E-state index contributed by atoms with van der Waals surface area (Å²) in [5, 5.41) is 37.1. The molecule has 0 aliphatic rings. The van der Waals surface area contributed by atoms with Gasteiger partial charge in [0.2, 0.25) is 17.7 Å². The van der Waals surface area contributed by atoms with E-state index >= 15 is 0 Å². The lowest BCUT2D eigenvalue weighted by Crippen LogP contribution is -2.64. The number of benzene rings is 3. The molecule has 0 fully saturated rings. The fourth-order valence-corrected chi connectivity index (χ4v) is 5.95. The van der Waals surface area contributed by atoms with E-state index in [4.69, 9.17) is 14.2 Å². The van der Waals surface area contributed by atoms with Crippen molar-refractivity contribution in [2.45, 2.75) is 111 Å². The third-order valence-corrected chi connectivity index (χ3v) is 9.13. The number of phenols is 1. The molecule has 0 saturated heterocycles. The molecule has 0 aliphatic carbocycles. The van der Waals surface area contributed by atoms with Crippen LogP contribution in [0.5, 0.6) is 17.2 Å². The predicted octanol–water partition coefficient (Wildman–Crippen LogP) is 4.35. The molecule has 0 aliphatic heterocycles. The van der Waals surface area contributed by atoms with Crippen LogP contribution >= 0.6 is 0 Å². The quantitative estimate of drug-likeness (QED) is 0.0973. The zero-order chi connectivity index (χ0) is 42.5. The van der Waals surface area contributed by atoms with Gasteiger partial charge in [-0.2, -0.15) is 0 Å². The number of ether oxygens (including phenoxy) is 3. The van der Waals surface area contributed by atoms with Gasteiger partial charge in [-0.15, -0.1) is 0 Å². The Bertz CT molecular complexity index is 1770. The number of carbonyl (C=O) groups is 4. The fraction of sp³-hybridized carbons (Fsp3) is 0.488. The summed E-state index contributed by atoms with van der Waals surface area (Å²) in [5.74, 6) is -1.14. The van der Waals surface area contributed by atoms with E-state index in [0.717, 1.165) is 11.1 Å². The van der Waals surface area contributed by atoms with Crippen molar-refractivity contribution in [1.82, 2.24) is 26.6 Å². The maximum atomic E-state index is 14.4. The third-order valence-electron chi connectivity index (χ3n) is 9.13. The Morgan fingerprint density at radius 2 is 1.32 bits per heavy atom. The first-order valence-electron chi connectivity index (χ1n) is 19.0. The van der Waals surface area contributed by atoms with E-state index in [1.54, 1.807) is 86.8 Å². The van der Waals surface area contributed by atoms with Crippen LogP contribution in [-0.4, -0.2) is 84.1 Å². The summed E-state index contributed by atoms with van der Waals surface area (Å²) in [7, 11) is 3.03. The highest BCUT2D eigenvalue weighted by atomic mass is 16.6. The van der Waals surface area contributed by atoms with Gasteiger partial charge >= 0.3 is 6.09 Å². The average Bonchev–Trinajstić information content (AvgIpc) is 3.14. The minimum atomic E-state index is -1.55. The maximum absolute atomic E-state index is 14.4. The molecule has 0 unspecified atom stereocenters. The van der Waals surface area contributed by atoms with Crippen molar-refractivity contribution in [2.24, 2.45) is 11.3 Å². The Balaban J connectivity index is 1.97. The summed E-state index contributed by atoms with van der Waals surface area (Å²) in [6.45, 7) is 14.2. The van der Waals surface area contributed by atoms with Crippen LogP contribution in [0.4, 0.5) is 4.79 Å². The lowest BCUT2D eigenvalue weighted by atomic mass is 9.85. The molecule has 14 heteroatoms. The largest absolute Gasteiger partial charge is 0.507 e. The van der Waals surface area contributed by atoms with Crippen LogP contribution in [0.15, 0.2) is 72.8 Å². The van der Waals surface area contributed by atoms with Crippen molar-refractivity contribution in [3.63, 3.8) is 0 Å². The van der Waals surface area contributed by atoms with Crippen molar-refractivity contribution in [2.75, 3.05) is 14.2 Å². The van der Waals surface area contributed by atoms with Crippen LogP contribution in [0, 0.1) is 11.3 Å². The highest BCUT2D eigenvalue weighted by Crippen LogP contribution is 2.24. The number of rotatable bonds is 18. The number of aliphatic hydroxyl groups excluding tert-OH is 1. The van der Waals surface area contributed by atoms with Gasteiger partial charge in [-0.05, 0) is 73.9 Å². The molecular formula is C43H61N5O9.